The van der Waals surface area contributed by atoms with Crippen molar-refractivity contribution >= 4 is 29.2 Å². The number of carbonyl (C=O) groups excluding carboxylic acids is 1. The van der Waals surface area contributed by atoms with Crippen molar-refractivity contribution in [3.63, 3.8) is 0 Å². The van der Waals surface area contributed by atoms with Crippen molar-refractivity contribution in [2.24, 2.45) is 0 Å². The predicted molar refractivity (Wildman–Crippen MR) is 113 cm³/mol. The van der Waals surface area contributed by atoms with Gasteiger partial charge in [-0.15, -0.1) is 12.4 Å². The molecule has 28 heavy (non-hydrogen) atoms. The van der Waals surface area contributed by atoms with Crippen LogP contribution in [0.2, 0.25) is 0 Å². The van der Waals surface area contributed by atoms with Gasteiger partial charge < -0.3 is 10.2 Å². The molecule has 2 aromatic rings. The molecule has 2 aliphatic rings. The van der Waals surface area contributed by atoms with Crippen molar-refractivity contribution < 1.29 is 4.79 Å². The van der Waals surface area contributed by atoms with Gasteiger partial charge in [0.15, 0.2) is 5.69 Å². The smallest absolute Gasteiger partial charge is 0.276 e. The Kier molecular flexibility index (Phi) is 6.10. The Balaban J connectivity index is 0.00000225. The second-order valence-electron chi connectivity index (χ2n) is 8.11. The molecule has 7 heteroatoms. The molecule has 1 N–H and O–H groups in total. The zero-order valence-electron chi connectivity index (χ0n) is 16.8. The highest BCUT2D eigenvalue weighted by Crippen LogP contribution is 2.34. The number of piperidine rings is 1. The predicted octanol–water partition coefficient (Wildman–Crippen LogP) is 2.89. The summed E-state index contributed by atoms with van der Waals surface area (Å²) >= 11 is 0. The Labute approximate surface area is 171 Å². The van der Waals surface area contributed by atoms with Crippen LogP contribution in [0.4, 0.5) is 0 Å². The third-order valence-electron chi connectivity index (χ3n) is 6.20. The number of aryl methyl sites for hydroxylation is 2. The molecule has 2 saturated heterocycles. The Morgan fingerprint density at radius 2 is 1.93 bits per heavy atom. The SMILES string of the molecule is CCCn1nc(C(=O)NC2CC3CCC(C2)N3C)c(=O)c2ccc(C)cc21.Cl. The van der Waals surface area contributed by atoms with Crippen molar-refractivity contribution in [2.75, 3.05) is 7.05 Å². The van der Waals surface area contributed by atoms with Crippen LogP contribution in [-0.4, -0.2) is 45.8 Å². The number of hydrogen-bond acceptors (Lipinski definition) is 4. The molecule has 0 aliphatic carbocycles. The van der Waals surface area contributed by atoms with E-state index in [9.17, 15) is 9.59 Å². The molecule has 3 heterocycles. The molecule has 1 aromatic carbocycles. The molecule has 2 aliphatic heterocycles. The van der Waals surface area contributed by atoms with Crippen LogP contribution >= 0.6 is 12.4 Å². The zero-order chi connectivity index (χ0) is 19.1. The minimum atomic E-state index is -0.332. The summed E-state index contributed by atoms with van der Waals surface area (Å²) in [5.41, 5.74) is 1.63. The Hall–Kier alpha value is -1.92. The lowest BCUT2D eigenvalue weighted by molar-refractivity contribution is 0.0874. The molecule has 6 nitrogen and oxygen atoms in total. The molecular formula is C21H29ClN4O2. The summed E-state index contributed by atoms with van der Waals surface area (Å²) in [7, 11) is 2.18. The minimum Gasteiger partial charge on any atom is -0.348 e. The maximum atomic E-state index is 12.9. The highest BCUT2D eigenvalue weighted by Gasteiger charge is 2.39. The molecular weight excluding hydrogens is 376 g/mol. The lowest BCUT2D eigenvalue weighted by Crippen LogP contribution is -2.49. The number of carbonyl (C=O) groups is 1. The molecule has 2 fully saturated rings. The van der Waals surface area contributed by atoms with E-state index >= 15 is 0 Å². The number of benzene rings is 1. The molecule has 0 saturated carbocycles. The maximum Gasteiger partial charge on any atom is 0.276 e. The van der Waals surface area contributed by atoms with Crippen LogP contribution in [0.1, 0.15) is 55.1 Å². The number of aromatic nitrogens is 2. The van der Waals surface area contributed by atoms with Crippen molar-refractivity contribution in [3.8, 4) is 0 Å². The average molecular weight is 405 g/mol. The highest BCUT2D eigenvalue weighted by atomic mass is 35.5. The largest absolute Gasteiger partial charge is 0.348 e. The topological polar surface area (TPSA) is 67.2 Å². The highest BCUT2D eigenvalue weighted by molar-refractivity contribution is 5.95. The van der Waals surface area contributed by atoms with Gasteiger partial charge in [0.25, 0.3) is 5.91 Å². The van der Waals surface area contributed by atoms with Crippen molar-refractivity contribution in [2.45, 2.75) is 70.6 Å². The zero-order valence-corrected chi connectivity index (χ0v) is 17.6. The van der Waals surface area contributed by atoms with Gasteiger partial charge in [0, 0.05) is 30.1 Å². The summed E-state index contributed by atoms with van der Waals surface area (Å²) in [4.78, 5) is 28.3. The summed E-state index contributed by atoms with van der Waals surface area (Å²) < 4.78 is 1.80. The van der Waals surface area contributed by atoms with Gasteiger partial charge in [0.2, 0.25) is 5.43 Å². The number of amides is 1. The van der Waals surface area contributed by atoms with Crippen LogP contribution in [0.5, 0.6) is 0 Å². The number of rotatable bonds is 4. The lowest BCUT2D eigenvalue weighted by Gasteiger charge is -2.36. The number of nitrogens with zero attached hydrogens (tertiary/aromatic N) is 3. The van der Waals surface area contributed by atoms with Crippen LogP contribution in [0.3, 0.4) is 0 Å². The van der Waals surface area contributed by atoms with Crippen LogP contribution in [0.25, 0.3) is 10.9 Å². The van der Waals surface area contributed by atoms with E-state index in [1.54, 1.807) is 4.68 Å². The van der Waals surface area contributed by atoms with Gasteiger partial charge >= 0.3 is 0 Å². The molecule has 0 radical (unpaired) electrons. The summed E-state index contributed by atoms with van der Waals surface area (Å²) in [6.07, 6.45) is 5.19. The number of nitrogens with one attached hydrogen (secondary N) is 1. The monoisotopic (exact) mass is 404 g/mol. The van der Waals surface area contributed by atoms with Crippen LogP contribution in [0, 0.1) is 6.92 Å². The van der Waals surface area contributed by atoms with E-state index in [0.29, 0.717) is 24.0 Å². The van der Waals surface area contributed by atoms with Crippen LogP contribution < -0.4 is 10.7 Å². The van der Waals surface area contributed by atoms with Gasteiger partial charge in [-0.05, 0) is 63.8 Å². The Morgan fingerprint density at radius 3 is 2.57 bits per heavy atom. The molecule has 1 amide bonds. The van der Waals surface area contributed by atoms with Gasteiger partial charge in [0.1, 0.15) is 0 Å². The standard InChI is InChI=1S/C21H28N4O2.ClH/c1-4-9-25-18-10-13(2)5-8-17(18)20(26)19(23-25)21(27)22-14-11-15-6-7-16(12-14)24(15)3;/h5,8,10,14-16H,4,6-7,9,11-12H2,1-3H3,(H,22,27);1H. The quantitative estimate of drug-likeness (QED) is 0.850. The third kappa shape index (κ3) is 3.67. The Bertz CT molecular complexity index is 928. The molecule has 2 atom stereocenters. The molecule has 1 aromatic heterocycles. The fourth-order valence-corrected chi connectivity index (χ4v) is 4.71. The van der Waals surface area contributed by atoms with Crippen molar-refractivity contribution in [1.82, 2.24) is 20.0 Å². The van der Waals surface area contributed by atoms with Crippen LogP contribution in [0.15, 0.2) is 23.0 Å². The first kappa shape index (κ1) is 20.8. The van der Waals surface area contributed by atoms with Gasteiger partial charge in [0.05, 0.1) is 5.52 Å². The number of fused-ring (bicyclic) bond motifs is 3. The van der Waals surface area contributed by atoms with E-state index in [0.717, 1.165) is 30.3 Å². The summed E-state index contributed by atoms with van der Waals surface area (Å²) in [5, 5.41) is 8.12. The molecule has 0 spiro atoms. The second kappa shape index (κ2) is 8.21. The van der Waals surface area contributed by atoms with Gasteiger partial charge in [-0.1, -0.05) is 13.0 Å². The van der Waals surface area contributed by atoms with Crippen molar-refractivity contribution in [3.05, 3.63) is 39.7 Å². The summed E-state index contributed by atoms with van der Waals surface area (Å²) in [6.45, 7) is 4.74. The van der Waals surface area contributed by atoms with Gasteiger partial charge in [-0.25, -0.2) is 0 Å². The van der Waals surface area contributed by atoms with Gasteiger partial charge in [-0.3, -0.25) is 14.3 Å². The van der Waals surface area contributed by atoms with E-state index in [-0.39, 0.29) is 35.5 Å². The number of halogens is 1. The van der Waals surface area contributed by atoms with Crippen LogP contribution in [-0.2, 0) is 6.54 Å². The van der Waals surface area contributed by atoms with E-state index < -0.39 is 0 Å². The summed E-state index contributed by atoms with van der Waals surface area (Å²) in [5.74, 6) is -0.332. The lowest BCUT2D eigenvalue weighted by atomic mass is 9.98. The first-order valence-electron chi connectivity index (χ1n) is 10.0. The van der Waals surface area contributed by atoms with Gasteiger partial charge in [-0.2, -0.15) is 5.10 Å². The van der Waals surface area contributed by atoms with Crippen molar-refractivity contribution in [1.29, 1.82) is 0 Å². The van der Waals surface area contributed by atoms with E-state index in [1.807, 2.05) is 25.1 Å². The second-order valence-corrected chi connectivity index (χ2v) is 8.11. The van der Waals surface area contributed by atoms with E-state index in [2.05, 4.69) is 29.3 Å². The fraction of sp³-hybridized carbons (Fsp3) is 0.571. The first-order valence-corrected chi connectivity index (χ1v) is 10.0. The minimum absolute atomic E-state index is 0. The molecule has 2 unspecified atom stereocenters. The molecule has 2 bridgehead atoms. The maximum absolute atomic E-state index is 12.9. The third-order valence-corrected chi connectivity index (χ3v) is 6.20. The average Bonchev–Trinajstić information content (AvgIpc) is 2.85. The number of hydrogen-bond donors (Lipinski definition) is 1. The normalized spacial score (nSPS) is 24.2. The summed E-state index contributed by atoms with van der Waals surface area (Å²) in [6, 6.07) is 6.90. The first-order chi connectivity index (χ1) is 13.0. The Morgan fingerprint density at radius 1 is 1.25 bits per heavy atom. The molecule has 4 rings (SSSR count). The molecule has 152 valence electrons. The fourth-order valence-electron chi connectivity index (χ4n) is 4.71. The van der Waals surface area contributed by atoms with E-state index in [1.165, 1.54) is 12.8 Å². The van der Waals surface area contributed by atoms with E-state index in [4.69, 9.17) is 0 Å².